The molecule has 1 aliphatic rings. The van der Waals surface area contributed by atoms with E-state index >= 15 is 0 Å². The quantitative estimate of drug-likeness (QED) is 0.127. The van der Waals surface area contributed by atoms with Gasteiger partial charge in [-0.3, -0.25) is 14.4 Å². The van der Waals surface area contributed by atoms with Gasteiger partial charge in [-0.2, -0.15) is 0 Å². The van der Waals surface area contributed by atoms with Gasteiger partial charge in [-0.05, 0) is 61.6 Å². The van der Waals surface area contributed by atoms with E-state index in [0.717, 1.165) is 73.5 Å². The first-order chi connectivity index (χ1) is 19.3. The Balaban J connectivity index is 1.27. The van der Waals surface area contributed by atoms with Crippen LogP contribution >= 0.6 is 0 Å². The molecule has 0 bridgehead atoms. The highest BCUT2D eigenvalue weighted by Gasteiger charge is 2.34. The average Bonchev–Trinajstić information content (AvgIpc) is 2.97. The smallest absolute Gasteiger partial charge is 0.313 e. The zero-order chi connectivity index (χ0) is 29.1. The van der Waals surface area contributed by atoms with Crippen molar-refractivity contribution in [1.29, 1.82) is 0 Å². The molecule has 40 heavy (non-hydrogen) atoms. The van der Waals surface area contributed by atoms with Crippen molar-refractivity contribution in [3.8, 4) is 5.75 Å². The van der Waals surface area contributed by atoms with Gasteiger partial charge in [-0.25, -0.2) is 0 Å². The highest BCUT2D eigenvalue weighted by Crippen LogP contribution is 2.29. The van der Waals surface area contributed by atoms with Crippen molar-refractivity contribution in [3.63, 3.8) is 0 Å². The van der Waals surface area contributed by atoms with Gasteiger partial charge in [0.2, 0.25) is 23.1 Å². The maximum Gasteiger partial charge on any atom is 0.313 e. The summed E-state index contributed by atoms with van der Waals surface area (Å²) < 4.78 is 21.0. The number of benzene rings is 2. The molecule has 0 amide bonds. The summed E-state index contributed by atoms with van der Waals surface area (Å²) in [6.07, 6.45) is 8.72. The number of unbranched alkanes of at least 4 members (excludes halogenated alkanes) is 7. The van der Waals surface area contributed by atoms with Crippen LogP contribution in [-0.2, 0) is 28.6 Å². The third-order valence-electron chi connectivity index (χ3n) is 7.58. The molecule has 0 aliphatic heterocycles. The predicted octanol–water partition coefficient (Wildman–Crippen LogP) is 6.98. The average molecular weight is 551 g/mol. The van der Waals surface area contributed by atoms with Crippen LogP contribution < -0.4 is 4.74 Å². The molecule has 1 atom stereocenters. The number of esters is 1. The Hall–Kier alpha value is -3.61. The summed E-state index contributed by atoms with van der Waals surface area (Å²) in [7, 11) is 4.40. The van der Waals surface area contributed by atoms with E-state index in [0.29, 0.717) is 24.2 Å². The second-order valence-corrected chi connectivity index (χ2v) is 10.3. The normalized spacial score (nSPS) is 14.5. The van der Waals surface area contributed by atoms with E-state index in [1.165, 1.54) is 14.2 Å². The number of methoxy groups -OCH3 is 3. The molecule has 0 radical (unpaired) electrons. The lowest BCUT2D eigenvalue weighted by atomic mass is 9.89. The number of Topliss-reactive ketones (excluding diaryl/α,β-unsaturated/α-hetero) is 2. The molecule has 7 nitrogen and oxygen atoms in total. The molecular formula is C33H42O7. The van der Waals surface area contributed by atoms with Gasteiger partial charge in [0, 0.05) is 11.1 Å². The summed E-state index contributed by atoms with van der Waals surface area (Å²) in [5.41, 5.74) is 1.94. The molecule has 216 valence electrons. The SMILES string of the molecule is COC1=C(OC)C(=O)C(CCCCCCCCCCOC(=O)[C@@H](C)c2ccc3cc(OC)ccc3c2)=C(C)C1=O. The molecule has 0 aromatic heterocycles. The Morgan fingerprint density at radius 2 is 1.30 bits per heavy atom. The molecule has 3 rings (SSSR count). The Bertz CT molecular complexity index is 1270. The topological polar surface area (TPSA) is 88.1 Å². The Morgan fingerprint density at radius 3 is 1.95 bits per heavy atom. The first-order valence-electron chi connectivity index (χ1n) is 14.2. The number of hydrogen-bond acceptors (Lipinski definition) is 7. The first-order valence-corrected chi connectivity index (χ1v) is 14.2. The third-order valence-corrected chi connectivity index (χ3v) is 7.58. The van der Waals surface area contributed by atoms with Gasteiger partial charge in [0.1, 0.15) is 5.75 Å². The maximum absolute atomic E-state index is 12.7. The van der Waals surface area contributed by atoms with Crippen molar-refractivity contribution in [2.45, 2.75) is 77.6 Å². The van der Waals surface area contributed by atoms with Gasteiger partial charge in [0.15, 0.2) is 0 Å². The lowest BCUT2D eigenvalue weighted by Gasteiger charge is -2.20. The fraction of sp³-hybridized carbons (Fsp3) is 0.485. The van der Waals surface area contributed by atoms with Gasteiger partial charge in [0.05, 0.1) is 33.9 Å². The molecule has 0 N–H and O–H groups in total. The van der Waals surface area contributed by atoms with E-state index in [4.69, 9.17) is 18.9 Å². The molecule has 2 aromatic rings. The molecule has 7 heteroatoms. The molecule has 2 aromatic carbocycles. The van der Waals surface area contributed by atoms with Crippen molar-refractivity contribution in [3.05, 3.63) is 64.6 Å². The summed E-state index contributed by atoms with van der Waals surface area (Å²) in [5.74, 6) is -0.218. The van der Waals surface area contributed by atoms with Gasteiger partial charge in [-0.15, -0.1) is 0 Å². The number of carbonyl (C=O) groups is 3. The number of ketones is 2. The van der Waals surface area contributed by atoms with E-state index < -0.39 is 0 Å². The molecule has 0 heterocycles. The number of allylic oxidation sites excluding steroid dienone is 2. The molecule has 0 spiro atoms. The van der Waals surface area contributed by atoms with Gasteiger partial charge in [-0.1, -0.05) is 62.8 Å². The van der Waals surface area contributed by atoms with Crippen LogP contribution in [0.1, 0.15) is 83.1 Å². The standard InChI is InChI=1S/C33H42O7/c1-22(24-15-16-26-21-27(37-3)18-17-25(26)20-24)33(36)40-19-13-11-9-7-6-8-10-12-14-28-23(2)29(34)31(38-4)32(39-5)30(28)35/h15-18,20-22H,6-14,19H2,1-5H3/t22-/m0/s1. The molecular weight excluding hydrogens is 508 g/mol. The lowest BCUT2D eigenvalue weighted by Crippen LogP contribution is -2.25. The van der Waals surface area contributed by atoms with Crippen LogP contribution in [0.4, 0.5) is 0 Å². The van der Waals surface area contributed by atoms with Gasteiger partial charge >= 0.3 is 5.97 Å². The second kappa shape index (κ2) is 15.2. The Labute approximate surface area is 237 Å². The first kappa shape index (κ1) is 30.9. The van der Waals surface area contributed by atoms with Crippen LogP contribution in [0.3, 0.4) is 0 Å². The molecule has 0 unspecified atom stereocenters. The largest absolute Gasteiger partial charge is 0.497 e. The van der Waals surface area contributed by atoms with Crippen LogP contribution in [0.25, 0.3) is 10.8 Å². The summed E-state index contributed by atoms with van der Waals surface area (Å²) in [6, 6.07) is 11.9. The third kappa shape index (κ3) is 7.74. The highest BCUT2D eigenvalue weighted by atomic mass is 16.5. The number of rotatable bonds is 16. The summed E-state index contributed by atoms with van der Waals surface area (Å²) in [6.45, 7) is 4.01. The van der Waals surface area contributed by atoms with Crippen LogP contribution in [0, 0.1) is 0 Å². The summed E-state index contributed by atoms with van der Waals surface area (Å²) in [5, 5.41) is 2.15. The number of carbonyl (C=O) groups excluding carboxylic acids is 3. The molecule has 0 saturated carbocycles. The maximum atomic E-state index is 12.7. The van der Waals surface area contributed by atoms with Crippen molar-refractivity contribution < 1.29 is 33.3 Å². The monoisotopic (exact) mass is 550 g/mol. The van der Waals surface area contributed by atoms with Crippen LogP contribution in [0.5, 0.6) is 5.75 Å². The van der Waals surface area contributed by atoms with Crippen molar-refractivity contribution in [2.75, 3.05) is 27.9 Å². The van der Waals surface area contributed by atoms with Crippen LogP contribution in [-0.4, -0.2) is 45.5 Å². The summed E-state index contributed by atoms with van der Waals surface area (Å²) >= 11 is 0. The van der Waals surface area contributed by atoms with Crippen molar-refractivity contribution >= 4 is 28.3 Å². The minimum atomic E-state index is -0.313. The van der Waals surface area contributed by atoms with Gasteiger partial charge < -0.3 is 18.9 Å². The van der Waals surface area contributed by atoms with E-state index in [1.54, 1.807) is 14.0 Å². The second-order valence-electron chi connectivity index (χ2n) is 10.3. The van der Waals surface area contributed by atoms with Gasteiger partial charge in [0.25, 0.3) is 0 Å². The minimum Gasteiger partial charge on any atom is -0.497 e. The fourth-order valence-corrected chi connectivity index (χ4v) is 5.03. The molecule has 0 saturated heterocycles. The van der Waals surface area contributed by atoms with Crippen molar-refractivity contribution in [2.24, 2.45) is 0 Å². The zero-order valence-electron chi connectivity index (χ0n) is 24.5. The number of hydrogen-bond donors (Lipinski definition) is 0. The van der Waals surface area contributed by atoms with Crippen molar-refractivity contribution in [1.82, 2.24) is 0 Å². The van der Waals surface area contributed by atoms with E-state index in [-0.39, 0.29) is 35.0 Å². The molecule has 1 aliphatic carbocycles. The number of ether oxygens (including phenoxy) is 4. The predicted molar refractivity (Wildman–Crippen MR) is 155 cm³/mol. The van der Waals surface area contributed by atoms with E-state index in [1.807, 2.05) is 43.3 Å². The Morgan fingerprint density at radius 1 is 0.725 bits per heavy atom. The Kier molecular flexibility index (Phi) is 11.8. The summed E-state index contributed by atoms with van der Waals surface area (Å²) in [4.78, 5) is 37.7. The highest BCUT2D eigenvalue weighted by molar-refractivity contribution is 6.23. The van der Waals surface area contributed by atoms with E-state index in [2.05, 4.69) is 0 Å². The lowest BCUT2D eigenvalue weighted by molar-refractivity contribution is -0.145. The van der Waals surface area contributed by atoms with Crippen LogP contribution in [0.2, 0.25) is 0 Å². The van der Waals surface area contributed by atoms with Crippen LogP contribution in [0.15, 0.2) is 59.1 Å². The fourth-order valence-electron chi connectivity index (χ4n) is 5.03. The molecule has 0 fully saturated rings. The minimum absolute atomic E-state index is 0.00306. The zero-order valence-corrected chi connectivity index (χ0v) is 24.5. The van der Waals surface area contributed by atoms with E-state index in [9.17, 15) is 14.4 Å². The number of fused-ring (bicyclic) bond motifs is 1.